The molecule has 0 aliphatic carbocycles. The van der Waals surface area contributed by atoms with Crippen molar-refractivity contribution in [3.8, 4) is 11.5 Å². The van der Waals surface area contributed by atoms with Gasteiger partial charge in [0.2, 0.25) is 0 Å². The van der Waals surface area contributed by atoms with Crippen LogP contribution in [0.25, 0.3) is 11.0 Å². The summed E-state index contributed by atoms with van der Waals surface area (Å²) >= 11 is 0. The van der Waals surface area contributed by atoms with Crippen molar-refractivity contribution in [1.29, 1.82) is 0 Å². The van der Waals surface area contributed by atoms with Crippen molar-refractivity contribution in [3.63, 3.8) is 0 Å². The van der Waals surface area contributed by atoms with E-state index in [1.807, 2.05) is 41.8 Å². The molecule has 1 aromatic carbocycles. The van der Waals surface area contributed by atoms with Crippen LogP contribution in [-0.2, 0) is 6.54 Å². The summed E-state index contributed by atoms with van der Waals surface area (Å²) < 4.78 is 7.76. The lowest BCUT2D eigenvalue weighted by atomic mass is 10.1. The first-order chi connectivity index (χ1) is 10.4. The topological polar surface area (TPSA) is 60.2 Å². The van der Waals surface area contributed by atoms with Crippen molar-refractivity contribution >= 4 is 11.0 Å². The molecule has 5 heteroatoms. The van der Waals surface area contributed by atoms with Gasteiger partial charge in [0, 0.05) is 11.8 Å². The molecular formula is C17H19N3O2. The third-order valence-electron chi connectivity index (χ3n) is 3.27. The van der Waals surface area contributed by atoms with Gasteiger partial charge >= 0.3 is 0 Å². The van der Waals surface area contributed by atoms with Crippen LogP contribution >= 0.6 is 0 Å². The van der Waals surface area contributed by atoms with E-state index in [9.17, 15) is 5.11 Å². The number of aromatic nitrogens is 3. The lowest BCUT2D eigenvalue weighted by Crippen LogP contribution is -2.25. The van der Waals surface area contributed by atoms with Crippen molar-refractivity contribution in [1.82, 2.24) is 14.5 Å². The molecule has 0 amide bonds. The van der Waals surface area contributed by atoms with E-state index in [1.54, 1.807) is 26.4 Å². The van der Waals surface area contributed by atoms with Crippen molar-refractivity contribution in [2.45, 2.75) is 32.9 Å². The quantitative estimate of drug-likeness (QED) is 0.802. The van der Waals surface area contributed by atoms with Crippen LogP contribution < -0.4 is 4.74 Å². The average molecular weight is 297 g/mol. The Balaban J connectivity index is 1.91. The Kier molecular flexibility index (Phi) is 3.58. The standard InChI is InChI=1S/C17H19N3O2/c1-12-4-5-14(9-18-12)22-13-6-7-15-16(8-13)20(11-19-15)10-17(2,3)21/h4-9,11,21H,10H2,1-3H3. The molecule has 0 saturated carbocycles. The first kappa shape index (κ1) is 14.5. The molecular weight excluding hydrogens is 278 g/mol. The number of imidazole rings is 1. The summed E-state index contributed by atoms with van der Waals surface area (Å²) in [6.45, 7) is 5.96. The zero-order valence-electron chi connectivity index (χ0n) is 12.9. The maximum absolute atomic E-state index is 9.99. The fourth-order valence-electron chi connectivity index (χ4n) is 2.29. The summed E-state index contributed by atoms with van der Waals surface area (Å²) in [7, 11) is 0. The third kappa shape index (κ3) is 3.26. The van der Waals surface area contributed by atoms with Gasteiger partial charge in [-0.1, -0.05) is 0 Å². The summed E-state index contributed by atoms with van der Waals surface area (Å²) in [6, 6.07) is 9.51. The summed E-state index contributed by atoms with van der Waals surface area (Å²) in [5, 5.41) is 9.99. The Bertz CT molecular complexity index is 786. The lowest BCUT2D eigenvalue weighted by Gasteiger charge is -2.18. The van der Waals surface area contributed by atoms with Gasteiger partial charge in [0.25, 0.3) is 0 Å². The first-order valence-corrected chi connectivity index (χ1v) is 7.18. The van der Waals surface area contributed by atoms with E-state index in [0.717, 1.165) is 22.5 Å². The molecule has 0 aliphatic rings. The molecule has 0 spiro atoms. The number of benzene rings is 1. The maximum atomic E-state index is 9.99. The van der Waals surface area contributed by atoms with Crippen LogP contribution in [0.1, 0.15) is 19.5 Å². The number of hydrogen-bond acceptors (Lipinski definition) is 4. The number of fused-ring (bicyclic) bond motifs is 1. The van der Waals surface area contributed by atoms with Gasteiger partial charge in [-0.05, 0) is 45.0 Å². The van der Waals surface area contributed by atoms with E-state index in [-0.39, 0.29) is 0 Å². The zero-order valence-corrected chi connectivity index (χ0v) is 12.9. The van der Waals surface area contributed by atoms with Crippen molar-refractivity contribution in [2.24, 2.45) is 0 Å². The summed E-state index contributed by atoms with van der Waals surface area (Å²) in [5.41, 5.74) is 1.95. The van der Waals surface area contributed by atoms with Gasteiger partial charge in [0.1, 0.15) is 11.5 Å². The van der Waals surface area contributed by atoms with Crippen molar-refractivity contribution < 1.29 is 9.84 Å². The van der Waals surface area contributed by atoms with E-state index in [2.05, 4.69) is 9.97 Å². The fraction of sp³-hybridized carbons (Fsp3) is 0.294. The van der Waals surface area contributed by atoms with Gasteiger partial charge < -0.3 is 14.4 Å². The minimum absolute atomic E-state index is 0.471. The number of nitrogens with zero attached hydrogens (tertiary/aromatic N) is 3. The largest absolute Gasteiger partial charge is 0.456 e. The molecule has 0 radical (unpaired) electrons. The monoisotopic (exact) mass is 297 g/mol. The second kappa shape index (κ2) is 5.42. The fourth-order valence-corrected chi connectivity index (χ4v) is 2.29. The maximum Gasteiger partial charge on any atom is 0.145 e. The first-order valence-electron chi connectivity index (χ1n) is 7.18. The molecule has 0 saturated heterocycles. The van der Waals surface area contributed by atoms with E-state index in [4.69, 9.17) is 4.74 Å². The minimum Gasteiger partial charge on any atom is -0.456 e. The molecule has 2 heterocycles. The zero-order chi connectivity index (χ0) is 15.7. The van der Waals surface area contributed by atoms with E-state index >= 15 is 0 Å². The lowest BCUT2D eigenvalue weighted by molar-refractivity contribution is 0.0626. The highest BCUT2D eigenvalue weighted by Gasteiger charge is 2.15. The Morgan fingerprint density at radius 3 is 2.59 bits per heavy atom. The second-order valence-electron chi connectivity index (χ2n) is 6.07. The molecule has 0 unspecified atom stereocenters. The highest BCUT2D eigenvalue weighted by molar-refractivity contribution is 5.77. The molecule has 5 nitrogen and oxygen atoms in total. The Hall–Kier alpha value is -2.40. The van der Waals surface area contributed by atoms with Gasteiger partial charge in [-0.2, -0.15) is 0 Å². The average Bonchev–Trinajstić information content (AvgIpc) is 2.82. The van der Waals surface area contributed by atoms with Crippen molar-refractivity contribution in [2.75, 3.05) is 0 Å². The van der Waals surface area contributed by atoms with Crippen LogP contribution in [-0.4, -0.2) is 25.2 Å². The van der Waals surface area contributed by atoms with Gasteiger partial charge in [-0.15, -0.1) is 0 Å². The Morgan fingerprint density at radius 1 is 1.14 bits per heavy atom. The van der Waals surface area contributed by atoms with E-state index in [0.29, 0.717) is 12.3 Å². The predicted octanol–water partition coefficient (Wildman–Crippen LogP) is 3.30. The number of aryl methyl sites for hydroxylation is 1. The molecule has 3 aromatic rings. The summed E-state index contributed by atoms with van der Waals surface area (Å²) in [4.78, 5) is 8.56. The van der Waals surface area contributed by atoms with Crippen LogP contribution in [0, 0.1) is 6.92 Å². The number of aliphatic hydroxyl groups is 1. The normalized spacial score (nSPS) is 11.8. The second-order valence-corrected chi connectivity index (χ2v) is 6.07. The highest BCUT2D eigenvalue weighted by atomic mass is 16.5. The molecule has 0 aliphatic heterocycles. The Labute approximate surface area is 129 Å². The smallest absolute Gasteiger partial charge is 0.145 e. The molecule has 2 aromatic heterocycles. The number of hydrogen-bond donors (Lipinski definition) is 1. The number of ether oxygens (including phenoxy) is 1. The molecule has 3 rings (SSSR count). The van der Waals surface area contributed by atoms with E-state index < -0.39 is 5.60 Å². The number of rotatable bonds is 4. The number of pyridine rings is 1. The van der Waals surface area contributed by atoms with Gasteiger partial charge in [-0.25, -0.2) is 4.98 Å². The van der Waals surface area contributed by atoms with Crippen LogP contribution in [0.3, 0.4) is 0 Å². The summed E-state index contributed by atoms with van der Waals surface area (Å²) in [5.74, 6) is 1.41. The van der Waals surface area contributed by atoms with E-state index in [1.165, 1.54) is 0 Å². The highest BCUT2D eigenvalue weighted by Crippen LogP contribution is 2.25. The molecule has 22 heavy (non-hydrogen) atoms. The SMILES string of the molecule is Cc1ccc(Oc2ccc3ncn(CC(C)(C)O)c3c2)cn1. The van der Waals surface area contributed by atoms with Crippen LogP contribution in [0.2, 0.25) is 0 Å². The van der Waals surface area contributed by atoms with Crippen LogP contribution in [0.5, 0.6) is 11.5 Å². The summed E-state index contributed by atoms with van der Waals surface area (Å²) in [6.07, 6.45) is 3.44. The van der Waals surface area contributed by atoms with Crippen molar-refractivity contribution in [3.05, 3.63) is 48.5 Å². The van der Waals surface area contributed by atoms with Gasteiger partial charge in [-0.3, -0.25) is 4.98 Å². The minimum atomic E-state index is -0.800. The van der Waals surface area contributed by atoms with Gasteiger partial charge in [0.05, 0.1) is 35.7 Å². The predicted molar refractivity (Wildman–Crippen MR) is 85.1 cm³/mol. The van der Waals surface area contributed by atoms with Crippen LogP contribution in [0.15, 0.2) is 42.9 Å². The third-order valence-corrected chi connectivity index (χ3v) is 3.27. The molecule has 0 bridgehead atoms. The molecule has 114 valence electrons. The molecule has 0 atom stereocenters. The van der Waals surface area contributed by atoms with Crippen LogP contribution in [0.4, 0.5) is 0 Å². The molecule has 0 fully saturated rings. The Morgan fingerprint density at radius 2 is 1.91 bits per heavy atom. The van der Waals surface area contributed by atoms with Gasteiger partial charge in [0.15, 0.2) is 0 Å². The molecule has 1 N–H and O–H groups in total.